The highest BCUT2D eigenvalue weighted by Crippen LogP contribution is 2.47. The molecule has 0 spiro atoms. The van der Waals surface area contributed by atoms with E-state index in [1.165, 1.54) is 12.5 Å². The summed E-state index contributed by atoms with van der Waals surface area (Å²) in [5, 5.41) is 2.88. The Morgan fingerprint density at radius 2 is 2.07 bits per heavy atom. The van der Waals surface area contributed by atoms with Crippen LogP contribution in [0.2, 0.25) is 0 Å². The third-order valence-corrected chi connectivity index (χ3v) is 5.50. The minimum Gasteiger partial charge on any atom is -0.461 e. The lowest BCUT2D eigenvalue weighted by atomic mass is 10.2. The van der Waals surface area contributed by atoms with E-state index in [-0.39, 0.29) is 5.91 Å². The van der Waals surface area contributed by atoms with E-state index in [1.807, 2.05) is 53.1 Å². The summed E-state index contributed by atoms with van der Waals surface area (Å²) in [6.07, 6.45) is 7.92. The summed E-state index contributed by atoms with van der Waals surface area (Å²) in [6.45, 7) is 2.62. The first kappa shape index (κ1) is 18.4. The molecule has 1 fully saturated rings. The van der Waals surface area contributed by atoms with Crippen LogP contribution in [-0.2, 0) is 11.3 Å². The summed E-state index contributed by atoms with van der Waals surface area (Å²) in [4.78, 5) is 21.0. The molecule has 2 atom stereocenters. The Balaban J connectivity index is 1.18. The largest absolute Gasteiger partial charge is 0.461 e. The minimum absolute atomic E-state index is 0.169. The zero-order valence-electron chi connectivity index (χ0n) is 16.7. The molecule has 4 aromatic rings. The van der Waals surface area contributed by atoms with Crippen LogP contribution in [0.3, 0.4) is 0 Å². The van der Waals surface area contributed by atoms with Crippen LogP contribution in [0.1, 0.15) is 36.3 Å². The maximum Gasteiger partial charge on any atom is 0.244 e. The summed E-state index contributed by atoms with van der Waals surface area (Å²) >= 11 is 0. The molecular weight excluding hydrogens is 376 g/mol. The first-order valence-corrected chi connectivity index (χ1v) is 10.1. The highest BCUT2D eigenvalue weighted by Gasteiger charge is 2.36. The van der Waals surface area contributed by atoms with E-state index in [0.717, 1.165) is 28.2 Å². The molecule has 6 nitrogen and oxygen atoms in total. The van der Waals surface area contributed by atoms with E-state index in [9.17, 15) is 4.79 Å². The van der Waals surface area contributed by atoms with Gasteiger partial charge in [0.05, 0.1) is 11.0 Å². The number of pyridine rings is 1. The average Bonchev–Trinajstić information content (AvgIpc) is 3.17. The summed E-state index contributed by atoms with van der Waals surface area (Å²) in [6, 6.07) is 15.7. The third kappa shape index (κ3) is 3.76. The molecule has 0 radical (unpaired) electrons. The number of carbonyl (C=O) groups is 1. The Kier molecular flexibility index (Phi) is 4.67. The van der Waals surface area contributed by atoms with Crippen LogP contribution >= 0.6 is 0 Å². The third-order valence-electron chi connectivity index (χ3n) is 5.50. The van der Waals surface area contributed by atoms with Gasteiger partial charge in [-0.25, -0.2) is 9.97 Å². The van der Waals surface area contributed by atoms with Gasteiger partial charge >= 0.3 is 0 Å². The minimum atomic E-state index is -0.169. The number of amides is 1. The van der Waals surface area contributed by atoms with E-state index >= 15 is 0 Å². The topological polar surface area (TPSA) is 73.0 Å². The highest BCUT2D eigenvalue weighted by molar-refractivity contribution is 5.91. The molecule has 5 rings (SSSR count). The van der Waals surface area contributed by atoms with Crippen LogP contribution in [0.5, 0.6) is 0 Å². The first-order chi connectivity index (χ1) is 14.7. The van der Waals surface area contributed by atoms with Gasteiger partial charge in [-0.15, -0.1) is 0 Å². The molecule has 3 aromatic heterocycles. The van der Waals surface area contributed by atoms with Crippen LogP contribution in [0.25, 0.3) is 22.9 Å². The molecule has 0 bridgehead atoms. The molecule has 30 heavy (non-hydrogen) atoms. The second-order valence-electron chi connectivity index (χ2n) is 7.74. The van der Waals surface area contributed by atoms with Gasteiger partial charge in [-0.1, -0.05) is 25.1 Å². The first-order valence-electron chi connectivity index (χ1n) is 10.1. The fourth-order valence-corrected chi connectivity index (χ4v) is 3.59. The number of hydrogen-bond acceptors (Lipinski definition) is 4. The summed E-state index contributed by atoms with van der Waals surface area (Å²) in [7, 11) is 0. The van der Waals surface area contributed by atoms with Crippen LogP contribution in [-0.4, -0.2) is 20.4 Å². The van der Waals surface area contributed by atoms with Gasteiger partial charge in [-0.3, -0.25) is 9.36 Å². The quantitative estimate of drug-likeness (QED) is 0.487. The molecule has 1 aromatic carbocycles. The van der Waals surface area contributed by atoms with E-state index < -0.39 is 0 Å². The second kappa shape index (κ2) is 7.63. The van der Waals surface area contributed by atoms with Gasteiger partial charge < -0.3 is 9.73 Å². The molecule has 1 saturated carbocycles. The van der Waals surface area contributed by atoms with Crippen molar-refractivity contribution in [1.29, 1.82) is 0 Å². The maximum absolute atomic E-state index is 12.1. The van der Waals surface area contributed by atoms with Gasteiger partial charge in [-0.05, 0) is 54.3 Å². The summed E-state index contributed by atoms with van der Waals surface area (Å²) in [5.74, 6) is 3.58. The highest BCUT2D eigenvalue weighted by atomic mass is 16.3. The van der Waals surface area contributed by atoms with Gasteiger partial charge in [0.1, 0.15) is 23.7 Å². The molecule has 1 aliphatic rings. The van der Waals surface area contributed by atoms with E-state index in [0.29, 0.717) is 24.1 Å². The van der Waals surface area contributed by atoms with E-state index in [1.54, 1.807) is 18.6 Å². The van der Waals surface area contributed by atoms with Gasteiger partial charge in [-0.2, -0.15) is 0 Å². The number of aromatic nitrogens is 3. The lowest BCUT2D eigenvalue weighted by Crippen LogP contribution is -2.20. The van der Waals surface area contributed by atoms with E-state index in [4.69, 9.17) is 4.42 Å². The molecule has 1 amide bonds. The Bertz CT molecular complexity index is 1220. The predicted octanol–water partition coefficient (Wildman–Crippen LogP) is 4.47. The number of benzene rings is 1. The van der Waals surface area contributed by atoms with Crippen molar-refractivity contribution < 1.29 is 9.21 Å². The van der Waals surface area contributed by atoms with Gasteiger partial charge in [0.2, 0.25) is 5.91 Å². The van der Waals surface area contributed by atoms with Crippen molar-refractivity contribution >= 4 is 23.0 Å². The molecule has 3 heterocycles. The lowest BCUT2D eigenvalue weighted by Gasteiger charge is -2.06. The number of nitrogens with zero attached hydrogens (tertiary/aromatic N) is 3. The SMILES string of the molecule is CC1CC1c1ccc(/C=C/C(=O)NCc2ccc(-n3cnc4ccccc43)nc2)o1. The summed E-state index contributed by atoms with van der Waals surface area (Å²) in [5.41, 5.74) is 2.86. The molecule has 150 valence electrons. The van der Waals surface area contributed by atoms with Crippen molar-refractivity contribution in [2.75, 3.05) is 0 Å². The number of para-hydroxylation sites is 2. The smallest absolute Gasteiger partial charge is 0.244 e. The predicted molar refractivity (Wildman–Crippen MR) is 115 cm³/mol. The fourth-order valence-electron chi connectivity index (χ4n) is 3.59. The van der Waals surface area contributed by atoms with Crippen LogP contribution in [0, 0.1) is 5.92 Å². The summed E-state index contributed by atoms with van der Waals surface area (Å²) < 4.78 is 7.73. The normalized spacial score (nSPS) is 18.2. The Hall–Kier alpha value is -3.67. The zero-order valence-corrected chi connectivity index (χ0v) is 16.7. The van der Waals surface area contributed by atoms with Crippen molar-refractivity contribution in [3.8, 4) is 5.82 Å². The van der Waals surface area contributed by atoms with Crippen molar-refractivity contribution in [3.05, 3.63) is 84.2 Å². The van der Waals surface area contributed by atoms with Gasteiger partial charge in [0.25, 0.3) is 0 Å². The molecule has 0 aliphatic heterocycles. The lowest BCUT2D eigenvalue weighted by molar-refractivity contribution is -0.116. The van der Waals surface area contributed by atoms with Crippen molar-refractivity contribution in [2.45, 2.75) is 25.8 Å². The van der Waals surface area contributed by atoms with Crippen LogP contribution in [0.4, 0.5) is 0 Å². The number of fused-ring (bicyclic) bond motifs is 1. The monoisotopic (exact) mass is 398 g/mol. The van der Waals surface area contributed by atoms with Crippen LogP contribution in [0.15, 0.2) is 71.5 Å². The standard InChI is InChI=1S/C24H22N4O2/c1-16-12-19(16)22-9-7-18(30-22)8-11-24(29)26-14-17-6-10-23(25-13-17)28-15-27-20-4-2-3-5-21(20)28/h2-11,13,15-16,19H,12,14H2,1H3,(H,26,29)/b11-8+. The number of nitrogens with one attached hydrogen (secondary N) is 1. The van der Waals surface area contributed by atoms with Crippen LogP contribution < -0.4 is 5.32 Å². The van der Waals surface area contributed by atoms with E-state index in [2.05, 4.69) is 22.2 Å². The number of hydrogen-bond donors (Lipinski definition) is 1. The van der Waals surface area contributed by atoms with Crippen molar-refractivity contribution in [1.82, 2.24) is 19.9 Å². The fraction of sp³-hybridized carbons (Fsp3) is 0.208. The van der Waals surface area contributed by atoms with Crippen molar-refractivity contribution in [3.63, 3.8) is 0 Å². The second-order valence-corrected chi connectivity index (χ2v) is 7.74. The molecule has 2 unspecified atom stereocenters. The molecule has 6 heteroatoms. The molecule has 0 saturated heterocycles. The molecule has 1 aliphatic carbocycles. The Morgan fingerprint density at radius 3 is 2.87 bits per heavy atom. The average molecular weight is 398 g/mol. The number of rotatable bonds is 6. The Morgan fingerprint density at radius 1 is 1.20 bits per heavy atom. The molecule has 1 N–H and O–H groups in total. The number of imidazole rings is 1. The molecular formula is C24H22N4O2. The maximum atomic E-state index is 12.1. The van der Waals surface area contributed by atoms with Gasteiger partial charge in [0, 0.05) is 24.7 Å². The number of carbonyl (C=O) groups excluding carboxylic acids is 1. The van der Waals surface area contributed by atoms with Crippen molar-refractivity contribution in [2.24, 2.45) is 5.92 Å². The number of furan rings is 1. The zero-order chi connectivity index (χ0) is 20.5. The van der Waals surface area contributed by atoms with Gasteiger partial charge in [0.15, 0.2) is 0 Å². The Labute approximate surface area is 174 Å².